The number of benzene rings is 4. The van der Waals surface area contributed by atoms with E-state index in [0.717, 1.165) is 104 Å². The van der Waals surface area contributed by atoms with Gasteiger partial charge >= 0.3 is 0 Å². The van der Waals surface area contributed by atoms with Gasteiger partial charge in [0, 0.05) is 56.2 Å². The number of fused-ring (bicyclic) bond motifs is 2. The molecule has 0 atom stereocenters. The molecule has 6 nitrogen and oxygen atoms in total. The van der Waals surface area contributed by atoms with Crippen LogP contribution in [0.25, 0.3) is 22.6 Å². The average molecular weight is 883 g/mol. The fraction of sp³-hybridized carbons (Fsp3) is 0.250. The molecule has 0 unspecified atom stereocenters. The molecule has 264 valence electrons. The molecular weight excluding hydrogens is 846 g/mol. The fourth-order valence-electron chi connectivity index (χ4n) is 6.04. The number of hydrogen-bond acceptors (Lipinski definition) is 6. The molecule has 4 heterocycles. The van der Waals surface area contributed by atoms with Crippen molar-refractivity contribution >= 4 is 59.4 Å². The van der Waals surface area contributed by atoms with Gasteiger partial charge in [-0.15, -0.1) is 0 Å². The van der Waals surface area contributed by atoms with Crippen LogP contribution in [-0.2, 0) is 24.7 Å². The molecule has 6 aromatic rings. The van der Waals surface area contributed by atoms with Crippen LogP contribution < -0.4 is 10.2 Å². The molecule has 1 N–H and O–H groups in total. The van der Waals surface area contributed by atoms with Crippen molar-refractivity contribution in [2.45, 2.75) is 51.4 Å². The van der Waals surface area contributed by atoms with Crippen molar-refractivity contribution < 1.29 is 17.8 Å². The molecular formula is C40H37Br3F2N4O2. The minimum absolute atomic E-state index is 0.181. The molecule has 2 aliphatic rings. The van der Waals surface area contributed by atoms with Crippen molar-refractivity contribution in [3.05, 3.63) is 139 Å². The average Bonchev–Trinajstić information content (AvgIpc) is 3.78. The summed E-state index contributed by atoms with van der Waals surface area (Å²) >= 11 is 10.3. The Labute approximate surface area is 322 Å². The minimum Gasteiger partial charge on any atom is -0.367 e. The number of halogens is 5. The van der Waals surface area contributed by atoms with Crippen molar-refractivity contribution in [2.75, 3.05) is 23.3 Å². The van der Waals surface area contributed by atoms with Crippen LogP contribution in [0.15, 0.2) is 103 Å². The van der Waals surface area contributed by atoms with Crippen molar-refractivity contribution in [2.24, 2.45) is 0 Å². The summed E-state index contributed by atoms with van der Waals surface area (Å²) in [6.07, 6.45) is 4.19. The van der Waals surface area contributed by atoms with Gasteiger partial charge in [-0.25, -0.2) is 8.78 Å². The van der Waals surface area contributed by atoms with Crippen LogP contribution in [0.5, 0.6) is 0 Å². The summed E-state index contributed by atoms with van der Waals surface area (Å²) in [5.74, 6) is 3.19. The maximum Gasteiger partial charge on any atom is 0.176 e. The SMILES string of the molecule is Cc1cc(-c2onc3c2CCCN3)ccc1Br.Cc1cc(-c2onc3c2CCCN3Cc2ccc(F)cc2)ccc1Br.Fc1ccc(CBr)cc1. The highest BCUT2D eigenvalue weighted by Gasteiger charge is 2.26. The van der Waals surface area contributed by atoms with Crippen LogP contribution in [0.3, 0.4) is 0 Å². The maximum absolute atomic E-state index is 13.1. The molecule has 0 saturated carbocycles. The van der Waals surface area contributed by atoms with E-state index in [1.165, 1.54) is 41.0 Å². The third kappa shape index (κ3) is 9.17. The third-order valence-electron chi connectivity index (χ3n) is 8.80. The van der Waals surface area contributed by atoms with E-state index < -0.39 is 0 Å². The number of aryl methyl sites for hydroxylation is 2. The van der Waals surface area contributed by atoms with E-state index in [-0.39, 0.29) is 11.6 Å². The second-order valence-electron chi connectivity index (χ2n) is 12.5. The lowest BCUT2D eigenvalue weighted by atomic mass is 9.99. The van der Waals surface area contributed by atoms with Crippen LogP contribution in [0, 0.1) is 25.5 Å². The summed E-state index contributed by atoms with van der Waals surface area (Å²) in [5.41, 5.74) is 9.06. The molecule has 0 radical (unpaired) electrons. The number of anilines is 2. The predicted octanol–water partition coefficient (Wildman–Crippen LogP) is 12.0. The molecule has 0 aliphatic carbocycles. The molecule has 2 aliphatic heterocycles. The lowest BCUT2D eigenvalue weighted by Crippen LogP contribution is -2.28. The van der Waals surface area contributed by atoms with Gasteiger partial charge in [0.1, 0.15) is 11.6 Å². The molecule has 0 saturated heterocycles. The topological polar surface area (TPSA) is 67.3 Å². The zero-order valence-electron chi connectivity index (χ0n) is 28.3. The van der Waals surface area contributed by atoms with Gasteiger partial charge in [-0.05, 0) is 122 Å². The molecule has 2 aromatic heterocycles. The number of aromatic nitrogens is 2. The molecule has 8 rings (SSSR count). The van der Waals surface area contributed by atoms with E-state index in [1.807, 2.05) is 18.2 Å². The Bertz CT molecular complexity index is 2080. The molecule has 0 fully saturated rings. The van der Waals surface area contributed by atoms with E-state index in [1.54, 1.807) is 12.1 Å². The standard InChI is InChI=1S/C20H18BrFN2O.C13H13BrN2O.C7H6BrF/c1-13-11-15(6-9-18(13)21)19-17-3-2-10-24(20(17)23-25-19)12-14-4-7-16(22)8-5-14;1-8-7-9(4-5-11(8)14)12-10-3-2-6-15-13(10)16-17-12;8-5-6-1-3-7(9)4-2-6/h4-9,11H,2-3,10,12H2,1H3;4-5,7H,2-3,6H2,1H3,(H,15,16);1-4H,5H2. The first-order valence-electron chi connectivity index (χ1n) is 16.7. The predicted molar refractivity (Wildman–Crippen MR) is 210 cm³/mol. The van der Waals surface area contributed by atoms with E-state index >= 15 is 0 Å². The van der Waals surface area contributed by atoms with Crippen LogP contribution in [0.4, 0.5) is 20.4 Å². The first-order chi connectivity index (χ1) is 24.7. The van der Waals surface area contributed by atoms with Crippen LogP contribution in [-0.4, -0.2) is 23.4 Å². The molecule has 4 aromatic carbocycles. The summed E-state index contributed by atoms with van der Waals surface area (Å²) in [7, 11) is 0. The number of alkyl halides is 1. The van der Waals surface area contributed by atoms with E-state index in [4.69, 9.17) is 9.05 Å². The Morgan fingerprint density at radius 3 is 1.84 bits per heavy atom. The zero-order chi connectivity index (χ0) is 35.9. The van der Waals surface area contributed by atoms with Crippen LogP contribution in [0.1, 0.15) is 46.2 Å². The van der Waals surface area contributed by atoms with Crippen molar-refractivity contribution in [1.29, 1.82) is 0 Å². The van der Waals surface area contributed by atoms with Gasteiger partial charge in [-0.2, -0.15) is 0 Å². The smallest absolute Gasteiger partial charge is 0.176 e. The molecule has 11 heteroatoms. The Hall–Kier alpha value is -3.80. The summed E-state index contributed by atoms with van der Waals surface area (Å²) in [6.45, 7) is 6.76. The largest absolute Gasteiger partial charge is 0.367 e. The van der Waals surface area contributed by atoms with E-state index in [0.29, 0.717) is 6.54 Å². The number of hydrogen-bond donors (Lipinski definition) is 1. The lowest BCUT2D eigenvalue weighted by molar-refractivity contribution is 0.431. The summed E-state index contributed by atoms with van der Waals surface area (Å²) in [5, 5.41) is 12.5. The van der Waals surface area contributed by atoms with Gasteiger partial charge < -0.3 is 19.3 Å². The molecule has 0 amide bonds. The van der Waals surface area contributed by atoms with Gasteiger partial charge in [-0.1, -0.05) is 82.4 Å². The zero-order valence-corrected chi connectivity index (χ0v) is 33.0. The van der Waals surface area contributed by atoms with Crippen molar-refractivity contribution in [3.63, 3.8) is 0 Å². The quantitative estimate of drug-likeness (QED) is 0.174. The first-order valence-corrected chi connectivity index (χ1v) is 19.4. The van der Waals surface area contributed by atoms with E-state index in [2.05, 4.69) is 112 Å². The fourth-order valence-corrected chi connectivity index (χ4v) is 6.91. The number of nitrogens with zero attached hydrogens (tertiary/aromatic N) is 3. The van der Waals surface area contributed by atoms with Crippen LogP contribution >= 0.6 is 47.8 Å². The second kappa shape index (κ2) is 17.1. The van der Waals surface area contributed by atoms with Gasteiger partial charge in [0.25, 0.3) is 0 Å². The minimum atomic E-state index is -0.211. The number of nitrogens with one attached hydrogen (secondary N) is 1. The summed E-state index contributed by atoms with van der Waals surface area (Å²) in [4.78, 5) is 2.21. The van der Waals surface area contributed by atoms with Gasteiger partial charge in [-0.3, -0.25) is 0 Å². The van der Waals surface area contributed by atoms with E-state index in [9.17, 15) is 8.78 Å². The van der Waals surface area contributed by atoms with Crippen molar-refractivity contribution in [1.82, 2.24) is 10.3 Å². The Morgan fingerprint density at radius 1 is 0.706 bits per heavy atom. The molecule has 0 spiro atoms. The number of rotatable bonds is 5. The highest BCUT2D eigenvalue weighted by atomic mass is 79.9. The second-order valence-corrected chi connectivity index (χ2v) is 14.8. The summed E-state index contributed by atoms with van der Waals surface area (Å²) in [6, 6.07) is 25.5. The van der Waals surface area contributed by atoms with Gasteiger partial charge in [0.15, 0.2) is 23.2 Å². The van der Waals surface area contributed by atoms with Crippen molar-refractivity contribution in [3.8, 4) is 22.6 Å². The highest BCUT2D eigenvalue weighted by Crippen LogP contribution is 2.37. The first kappa shape index (κ1) is 37.0. The van der Waals surface area contributed by atoms with Gasteiger partial charge in [0.05, 0.1) is 0 Å². The molecule has 0 bridgehead atoms. The molecule has 51 heavy (non-hydrogen) atoms. The van der Waals surface area contributed by atoms with Crippen LogP contribution in [0.2, 0.25) is 0 Å². The Balaban J connectivity index is 0.000000148. The monoisotopic (exact) mass is 880 g/mol. The Kier molecular flexibility index (Phi) is 12.4. The maximum atomic E-state index is 13.1. The Morgan fingerprint density at radius 2 is 1.25 bits per heavy atom. The normalized spacial score (nSPS) is 13.2. The third-order valence-corrected chi connectivity index (χ3v) is 11.2. The van der Waals surface area contributed by atoms with Gasteiger partial charge in [0.2, 0.25) is 0 Å². The summed E-state index contributed by atoms with van der Waals surface area (Å²) < 4.78 is 38.7. The lowest BCUT2D eigenvalue weighted by Gasteiger charge is -2.27. The highest BCUT2D eigenvalue weighted by molar-refractivity contribution is 9.10.